The van der Waals surface area contributed by atoms with E-state index < -0.39 is 18.3 Å². The van der Waals surface area contributed by atoms with Gasteiger partial charge in [-0.2, -0.15) is 0 Å². The van der Waals surface area contributed by atoms with E-state index in [1.54, 1.807) is 0 Å². The van der Waals surface area contributed by atoms with Gasteiger partial charge in [-0.05, 0) is 17.7 Å². The van der Waals surface area contributed by atoms with Crippen LogP contribution in [-0.2, 0) is 11.3 Å². The highest BCUT2D eigenvalue weighted by Gasteiger charge is 2.20. The van der Waals surface area contributed by atoms with Crippen LogP contribution in [0.15, 0.2) is 48.7 Å². The molecule has 0 aliphatic heterocycles. The van der Waals surface area contributed by atoms with Crippen LogP contribution < -0.4 is 5.32 Å². The number of hydrogen-bond acceptors (Lipinski definition) is 6. The number of carbonyl (C=O) groups excluding carboxylic acids is 1. The van der Waals surface area contributed by atoms with Crippen LogP contribution in [0.3, 0.4) is 0 Å². The fraction of sp³-hybridized carbons (Fsp3) is 0.250. The molecule has 2 aromatic rings. The molecule has 0 bridgehead atoms. The molecule has 1 aromatic heterocycles. The third-order valence-corrected chi connectivity index (χ3v) is 3.11. The minimum atomic E-state index is -1.29. The maximum Gasteiger partial charge on any atom is 0.407 e. The summed E-state index contributed by atoms with van der Waals surface area (Å²) in [6.45, 7) is -0.0812. The molecular formula is C16H18N2O5. The summed E-state index contributed by atoms with van der Waals surface area (Å²) >= 11 is 0. The Morgan fingerprint density at radius 3 is 2.57 bits per heavy atom. The van der Waals surface area contributed by atoms with Crippen LogP contribution >= 0.6 is 0 Å². The molecule has 0 saturated heterocycles. The molecule has 0 saturated carbocycles. The molecule has 0 aliphatic carbocycles. The molecule has 23 heavy (non-hydrogen) atoms. The van der Waals surface area contributed by atoms with Crippen molar-refractivity contribution in [2.24, 2.45) is 0 Å². The van der Waals surface area contributed by atoms with Crippen molar-refractivity contribution in [2.75, 3.05) is 6.54 Å². The number of alkyl carbamates (subject to hydrolysis) is 1. The number of amides is 1. The number of rotatable bonds is 6. The molecule has 0 spiro atoms. The van der Waals surface area contributed by atoms with E-state index in [-0.39, 0.29) is 24.6 Å². The lowest BCUT2D eigenvalue weighted by Gasteiger charge is -2.17. The number of aromatic hydroxyl groups is 1. The van der Waals surface area contributed by atoms with E-state index in [1.165, 1.54) is 12.1 Å². The Morgan fingerprint density at radius 1 is 1.17 bits per heavy atom. The highest BCUT2D eigenvalue weighted by atomic mass is 16.5. The number of benzene rings is 1. The van der Waals surface area contributed by atoms with E-state index in [9.17, 15) is 15.0 Å². The Labute approximate surface area is 133 Å². The van der Waals surface area contributed by atoms with Crippen molar-refractivity contribution in [3.05, 3.63) is 59.9 Å². The molecule has 2 atom stereocenters. The minimum Gasteiger partial charge on any atom is -0.506 e. The van der Waals surface area contributed by atoms with E-state index >= 15 is 0 Å². The molecule has 1 aromatic carbocycles. The zero-order chi connectivity index (χ0) is 16.7. The van der Waals surface area contributed by atoms with Gasteiger partial charge in [0.25, 0.3) is 0 Å². The van der Waals surface area contributed by atoms with E-state index in [1.807, 2.05) is 30.3 Å². The van der Waals surface area contributed by atoms with Crippen molar-refractivity contribution >= 4 is 6.09 Å². The largest absolute Gasteiger partial charge is 0.506 e. The van der Waals surface area contributed by atoms with Crippen molar-refractivity contribution in [3.63, 3.8) is 0 Å². The lowest BCUT2D eigenvalue weighted by molar-refractivity contribution is 0.0159. The number of nitrogens with one attached hydrogen (secondary N) is 1. The molecule has 7 heteroatoms. The van der Waals surface area contributed by atoms with Gasteiger partial charge in [0.1, 0.15) is 24.6 Å². The number of aliphatic hydroxyl groups excluding tert-OH is 2. The van der Waals surface area contributed by atoms with Crippen LogP contribution in [0.25, 0.3) is 0 Å². The predicted molar refractivity (Wildman–Crippen MR) is 81.5 cm³/mol. The first-order valence-electron chi connectivity index (χ1n) is 7.02. The SMILES string of the molecule is O=C(NCC(O)C(O)c1ccc(O)cn1)OCc1ccccc1. The summed E-state index contributed by atoms with van der Waals surface area (Å²) in [6, 6.07) is 11.9. The van der Waals surface area contributed by atoms with Crippen molar-refractivity contribution < 1.29 is 24.9 Å². The number of nitrogens with zero attached hydrogens (tertiary/aromatic N) is 1. The van der Waals surface area contributed by atoms with Crippen molar-refractivity contribution in [1.82, 2.24) is 10.3 Å². The second kappa shape index (κ2) is 8.11. The van der Waals surface area contributed by atoms with Crippen LogP contribution in [0.4, 0.5) is 4.79 Å². The van der Waals surface area contributed by atoms with Crippen LogP contribution in [0.1, 0.15) is 17.4 Å². The molecular weight excluding hydrogens is 300 g/mol. The number of ether oxygens (including phenoxy) is 1. The molecule has 0 aliphatic rings. The molecule has 0 fully saturated rings. The maximum absolute atomic E-state index is 11.5. The predicted octanol–water partition coefficient (Wildman–Crippen LogP) is 1.11. The number of hydrogen-bond donors (Lipinski definition) is 4. The molecule has 2 rings (SSSR count). The fourth-order valence-electron chi connectivity index (χ4n) is 1.84. The number of pyridine rings is 1. The highest BCUT2D eigenvalue weighted by Crippen LogP contribution is 2.16. The molecule has 7 nitrogen and oxygen atoms in total. The standard InChI is InChI=1S/C16H18N2O5/c19-12-6-7-13(17-8-12)15(21)14(20)9-18-16(22)23-10-11-4-2-1-3-5-11/h1-8,14-15,19-21H,9-10H2,(H,18,22). The van der Waals surface area contributed by atoms with E-state index in [0.717, 1.165) is 11.8 Å². The average molecular weight is 318 g/mol. The van der Waals surface area contributed by atoms with Gasteiger partial charge in [0.05, 0.1) is 11.9 Å². The van der Waals surface area contributed by atoms with E-state index in [2.05, 4.69) is 10.3 Å². The zero-order valence-electron chi connectivity index (χ0n) is 12.3. The first-order chi connectivity index (χ1) is 11.1. The monoisotopic (exact) mass is 318 g/mol. The number of aromatic nitrogens is 1. The second-order valence-electron chi connectivity index (χ2n) is 4.90. The smallest absolute Gasteiger partial charge is 0.407 e. The topological polar surface area (TPSA) is 112 Å². The van der Waals surface area contributed by atoms with Crippen LogP contribution in [0, 0.1) is 0 Å². The lowest BCUT2D eigenvalue weighted by atomic mass is 10.1. The molecule has 1 heterocycles. The van der Waals surface area contributed by atoms with Crippen molar-refractivity contribution in [2.45, 2.75) is 18.8 Å². The molecule has 0 radical (unpaired) electrons. The van der Waals surface area contributed by atoms with Crippen LogP contribution in [0.2, 0.25) is 0 Å². The van der Waals surface area contributed by atoms with Crippen molar-refractivity contribution in [1.29, 1.82) is 0 Å². The van der Waals surface area contributed by atoms with Crippen molar-refractivity contribution in [3.8, 4) is 5.75 Å². The fourth-order valence-corrected chi connectivity index (χ4v) is 1.84. The van der Waals surface area contributed by atoms with Gasteiger partial charge in [0.15, 0.2) is 0 Å². The second-order valence-corrected chi connectivity index (χ2v) is 4.90. The zero-order valence-corrected chi connectivity index (χ0v) is 12.3. The quantitative estimate of drug-likeness (QED) is 0.635. The van der Waals surface area contributed by atoms with Gasteiger partial charge in [-0.25, -0.2) is 4.79 Å². The van der Waals surface area contributed by atoms with Gasteiger partial charge in [-0.15, -0.1) is 0 Å². The van der Waals surface area contributed by atoms with Gasteiger partial charge < -0.3 is 25.4 Å². The van der Waals surface area contributed by atoms with Crippen LogP contribution in [0.5, 0.6) is 5.75 Å². The molecule has 4 N–H and O–H groups in total. The summed E-state index contributed by atoms with van der Waals surface area (Å²) in [4.78, 5) is 15.3. The summed E-state index contributed by atoms with van der Waals surface area (Å²) in [5.74, 6) is -0.0435. The average Bonchev–Trinajstić information content (AvgIpc) is 2.58. The maximum atomic E-state index is 11.5. The molecule has 122 valence electrons. The third-order valence-electron chi connectivity index (χ3n) is 3.11. The Balaban J connectivity index is 1.75. The summed E-state index contributed by atoms with van der Waals surface area (Å²) in [7, 11) is 0. The summed E-state index contributed by atoms with van der Waals surface area (Å²) in [5.41, 5.74) is 1.03. The van der Waals surface area contributed by atoms with Crippen LogP contribution in [-0.4, -0.2) is 39.0 Å². The Bertz CT molecular complexity index is 618. The lowest BCUT2D eigenvalue weighted by Crippen LogP contribution is -2.36. The Kier molecular flexibility index (Phi) is 5.90. The molecule has 2 unspecified atom stereocenters. The number of aliphatic hydroxyl groups is 2. The van der Waals surface area contributed by atoms with Gasteiger partial charge in [-0.1, -0.05) is 30.3 Å². The normalized spacial score (nSPS) is 13.1. The molecule has 1 amide bonds. The van der Waals surface area contributed by atoms with E-state index in [0.29, 0.717) is 0 Å². The Hall–Kier alpha value is -2.64. The first kappa shape index (κ1) is 16.7. The van der Waals surface area contributed by atoms with Gasteiger partial charge in [0, 0.05) is 6.54 Å². The summed E-state index contributed by atoms with van der Waals surface area (Å²) < 4.78 is 4.99. The third kappa shape index (κ3) is 5.24. The minimum absolute atomic E-state index is 0.0435. The Morgan fingerprint density at radius 2 is 1.91 bits per heavy atom. The van der Waals surface area contributed by atoms with Gasteiger partial charge in [-0.3, -0.25) is 4.98 Å². The highest BCUT2D eigenvalue weighted by molar-refractivity contribution is 5.67. The summed E-state index contributed by atoms with van der Waals surface area (Å²) in [6.07, 6.45) is -2.08. The summed E-state index contributed by atoms with van der Waals surface area (Å²) in [5, 5.41) is 31.3. The van der Waals surface area contributed by atoms with E-state index in [4.69, 9.17) is 9.84 Å². The first-order valence-corrected chi connectivity index (χ1v) is 7.02. The van der Waals surface area contributed by atoms with Gasteiger partial charge in [0.2, 0.25) is 0 Å². The van der Waals surface area contributed by atoms with Gasteiger partial charge >= 0.3 is 6.09 Å². The number of carbonyl (C=O) groups is 1.